The van der Waals surface area contributed by atoms with Crippen molar-refractivity contribution in [2.24, 2.45) is 0 Å². The number of fused-ring (bicyclic) bond motifs is 1. The maximum absolute atomic E-state index is 12.7. The Bertz CT molecular complexity index is 1110. The van der Waals surface area contributed by atoms with E-state index in [1.807, 2.05) is 49.4 Å². The molecule has 0 amide bonds. The van der Waals surface area contributed by atoms with E-state index in [0.717, 1.165) is 14.7 Å². The smallest absolute Gasteiger partial charge is 0.197 e. The highest BCUT2D eigenvalue weighted by atomic mass is 127. The Balaban J connectivity index is 1.66. The summed E-state index contributed by atoms with van der Waals surface area (Å²) in [6, 6.07) is 20.5. The fourth-order valence-electron chi connectivity index (χ4n) is 3.37. The fraction of sp³-hybridized carbons (Fsp3) is 0.120. The lowest BCUT2D eigenvalue weighted by Crippen LogP contribution is -2.03. The summed E-state index contributed by atoms with van der Waals surface area (Å²) < 4.78 is 12.7. The van der Waals surface area contributed by atoms with Gasteiger partial charge in [0, 0.05) is 11.1 Å². The van der Waals surface area contributed by atoms with Crippen molar-refractivity contribution in [2.75, 3.05) is 6.61 Å². The first-order valence-electron chi connectivity index (χ1n) is 9.61. The Morgan fingerprint density at radius 1 is 0.867 bits per heavy atom. The molecule has 0 heterocycles. The van der Waals surface area contributed by atoms with Crippen LogP contribution in [0, 0.1) is 3.57 Å². The molecule has 0 N–H and O–H groups in total. The minimum atomic E-state index is -0.243. The van der Waals surface area contributed by atoms with Crippen LogP contribution in [0.4, 0.5) is 0 Å². The van der Waals surface area contributed by atoms with Crippen LogP contribution in [0.25, 0.3) is 6.08 Å². The van der Waals surface area contributed by atoms with E-state index in [1.165, 1.54) is 0 Å². The van der Waals surface area contributed by atoms with Gasteiger partial charge in [-0.1, -0.05) is 54.6 Å². The molecule has 0 aromatic heterocycles. The molecule has 4 nitrogen and oxygen atoms in total. The summed E-state index contributed by atoms with van der Waals surface area (Å²) in [5.74, 6) is 0.749. The number of benzene rings is 3. The SMILES string of the molecule is CCOc1cc(C=C2C(=O)c3ccccc3C2=O)cc(I)c1OCc1ccccc1. The summed E-state index contributed by atoms with van der Waals surface area (Å²) in [5, 5.41) is 0. The molecule has 0 aliphatic heterocycles. The highest BCUT2D eigenvalue weighted by Gasteiger charge is 2.32. The second-order valence-corrected chi connectivity index (χ2v) is 7.96. The van der Waals surface area contributed by atoms with E-state index in [2.05, 4.69) is 22.6 Å². The molecule has 3 aromatic rings. The normalized spacial score (nSPS) is 12.7. The summed E-state index contributed by atoms with van der Waals surface area (Å²) in [7, 11) is 0. The first-order valence-corrected chi connectivity index (χ1v) is 10.7. The predicted octanol–water partition coefficient (Wildman–Crippen LogP) is 5.73. The van der Waals surface area contributed by atoms with Crippen molar-refractivity contribution in [3.63, 3.8) is 0 Å². The van der Waals surface area contributed by atoms with Crippen LogP contribution in [0.1, 0.15) is 38.8 Å². The van der Waals surface area contributed by atoms with Crippen molar-refractivity contribution in [1.29, 1.82) is 0 Å². The number of hydrogen-bond donors (Lipinski definition) is 0. The summed E-state index contributed by atoms with van der Waals surface area (Å²) in [6.07, 6.45) is 1.64. The third-order valence-corrected chi connectivity index (χ3v) is 5.58. The number of Topliss-reactive ketones (excluding diaryl/α,β-unsaturated/α-hetero) is 2. The molecule has 0 saturated carbocycles. The van der Waals surface area contributed by atoms with Crippen LogP contribution < -0.4 is 9.47 Å². The highest BCUT2D eigenvalue weighted by Crippen LogP contribution is 2.36. The Labute approximate surface area is 188 Å². The van der Waals surface area contributed by atoms with E-state index >= 15 is 0 Å². The van der Waals surface area contributed by atoms with Crippen LogP contribution in [-0.2, 0) is 6.61 Å². The Morgan fingerprint density at radius 2 is 1.50 bits per heavy atom. The van der Waals surface area contributed by atoms with Gasteiger partial charge in [0.25, 0.3) is 0 Å². The lowest BCUT2D eigenvalue weighted by molar-refractivity contribution is 0.0990. The van der Waals surface area contributed by atoms with E-state index in [1.54, 1.807) is 30.3 Å². The molecule has 0 atom stereocenters. The number of ether oxygens (including phenoxy) is 2. The fourth-order valence-corrected chi connectivity index (χ4v) is 4.16. The van der Waals surface area contributed by atoms with Crippen LogP contribution in [0.3, 0.4) is 0 Å². The number of carbonyl (C=O) groups excluding carboxylic acids is 2. The van der Waals surface area contributed by atoms with Crippen molar-refractivity contribution < 1.29 is 19.1 Å². The zero-order valence-electron chi connectivity index (χ0n) is 16.4. The first kappa shape index (κ1) is 20.3. The summed E-state index contributed by atoms with van der Waals surface area (Å²) >= 11 is 2.19. The largest absolute Gasteiger partial charge is 0.490 e. The summed E-state index contributed by atoms with van der Waals surface area (Å²) in [4.78, 5) is 25.4. The monoisotopic (exact) mass is 510 g/mol. The van der Waals surface area contributed by atoms with E-state index < -0.39 is 0 Å². The van der Waals surface area contributed by atoms with Gasteiger partial charge in [-0.25, -0.2) is 0 Å². The molecule has 150 valence electrons. The van der Waals surface area contributed by atoms with Gasteiger partial charge in [0.05, 0.1) is 15.8 Å². The topological polar surface area (TPSA) is 52.6 Å². The van der Waals surface area contributed by atoms with Gasteiger partial charge in [-0.2, -0.15) is 0 Å². The van der Waals surface area contributed by atoms with Gasteiger partial charge in [0.1, 0.15) is 6.61 Å². The molecular formula is C25H19IO4. The van der Waals surface area contributed by atoms with Crippen LogP contribution in [-0.4, -0.2) is 18.2 Å². The van der Waals surface area contributed by atoms with Gasteiger partial charge >= 0.3 is 0 Å². The molecule has 1 aliphatic carbocycles. The van der Waals surface area contributed by atoms with Crippen LogP contribution in [0.2, 0.25) is 0 Å². The predicted molar refractivity (Wildman–Crippen MR) is 124 cm³/mol. The molecule has 0 spiro atoms. The number of ketones is 2. The number of hydrogen-bond acceptors (Lipinski definition) is 4. The van der Waals surface area contributed by atoms with Crippen LogP contribution in [0.15, 0.2) is 72.3 Å². The number of halogens is 1. The third kappa shape index (κ3) is 4.03. The number of allylic oxidation sites excluding steroid dienone is 1. The quantitative estimate of drug-likeness (QED) is 0.242. The molecule has 1 aliphatic rings. The standard InChI is InChI=1S/C25H19IO4/c1-2-29-22-14-17(12-20-23(27)18-10-6-7-11-19(18)24(20)28)13-21(26)25(22)30-15-16-8-4-3-5-9-16/h3-14H,2,15H2,1H3. The summed E-state index contributed by atoms with van der Waals surface area (Å²) in [6.45, 7) is 2.80. The number of rotatable bonds is 6. The second kappa shape index (κ2) is 8.83. The Hall–Kier alpha value is -2.93. The summed E-state index contributed by atoms with van der Waals surface area (Å²) in [5.41, 5.74) is 2.86. The van der Waals surface area contributed by atoms with Gasteiger partial charge < -0.3 is 9.47 Å². The minimum absolute atomic E-state index is 0.174. The zero-order valence-corrected chi connectivity index (χ0v) is 18.5. The van der Waals surface area contributed by atoms with Gasteiger partial charge in [-0.15, -0.1) is 0 Å². The molecule has 3 aromatic carbocycles. The van der Waals surface area contributed by atoms with Gasteiger partial charge in [-0.05, 0) is 58.9 Å². The van der Waals surface area contributed by atoms with Crippen LogP contribution in [0.5, 0.6) is 11.5 Å². The molecular weight excluding hydrogens is 491 g/mol. The molecule has 0 bridgehead atoms. The third-order valence-electron chi connectivity index (χ3n) is 4.77. The Morgan fingerprint density at radius 3 is 2.13 bits per heavy atom. The lowest BCUT2D eigenvalue weighted by Gasteiger charge is -2.15. The van der Waals surface area contributed by atoms with Gasteiger partial charge in [0.2, 0.25) is 0 Å². The van der Waals surface area contributed by atoms with Crippen molar-refractivity contribution in [1.82, 2.24) is 0 Å². The van der Waals surface area contributed by atoms with Crippen molar-refractivity contribution in [3.05, 3.63) is 98.1 Å². The zero-order chi connectivity index (χ0) is 21.1. The maximum Gasteiger partial charge on any atom is 0.197 e. The van der Waals surface area contributed by atoms with E-state index in [9.17, 15) is 9.59 Å². The Kier molecular flexibility index (Phi) is 5.99. The average Bonchev–Trinajstić information content (AvgIpc) is 2.99. The average molecular weight is 510 g/mol. The van der Waals surface area contributed by atoms with E-state index in [0.29, 0.717) is 35.8 Å². The molecule has 0 saturated heterocycles. The van der Waals surface area contributed by atoms with Crippen molar-refractivity contribution in [3.8, 4) is 11.5 Å². The van der Waals surface area contributed by atoms with Gasteiger partial charge in [-0.3, -0.25) is 9.59 Å². The minimum Gasteiger partial charge on any atom is -0.490 e. The number of carbonyl (C=O) groups is 2. The van der Waals surface area contributed by atoms with Gasteiger partial charge in [0.15, 0.2) is 23.1 Å². The van der Waals surface area contributed by atoms with Crippen molar-refractivity contribution >= 4 is 40.2 Å². The first-order chi connectivity index (χ1) is 14.6. The van der Waals surface area contributed by atoms with Crippen LogP contribution >= 0.6 is 22.6 Å². The molecule has 0 unspecified atom stereocenters. The lowest BCUT2D eigenvalue weighted by atomic mass is 10.1. The second-order valence-electron chi connectivity index (χ2n) is 6.80. The van der Waals surface area contributed by atoms with E-state index in [4.69, 9.17) is 9.47 Å². The highest BCUT2D eigenvalue weighted by molar-refractivity contribution is 14.1. The molecule has 0 fully saturated rings. The molecule has 4 rings (SSSR count). The van der Waals surface area contributed by atoms with Crippen molar-refractivity contribution in [2.45, 2.75) is 13.5 Å². The van der Waals surface area contributed by atoms with E-state index in [-0.39, 0.29) is 17.1 Å². The molecule has 0 radical (unpaired) electrons. The molecule has 30 heavy (non-hydrogen) atoms. The molecule has 5 heteroatoms. The maximum atomic E-state index is 12.7.